The number of nitrogens with one attached hydrogen (secondary N) is 1. The van der Waals surface area contributed by atoms with Crippen molar-refractivity contribution in [1.82, 2.24) is 4.98 Å². The van der Waals surface area contributed by atoms with Crippen LogP contribution in [0.1, 0.15) is 32.9 Å². The maximum Gasteiger partial charge on any atom is 0.183 e. The molecule has 24 heavy (non-hydrogen) atoms. The number of ketones is 1. The molecule has 0 saturated heterocycles. The van der Waals surface area contributed by atoms with Crippen molar-refractivity contribution in [3.05, 3.63) is 82.4 Å². The zero-order valence-corrected chi connectivity index (χ0v) is 14.5. The van der Waals surface area contributed by atoms with Crippen molar-refractivity contribution < 1.29 is 4.79 Å². The van der Waals surface area contributed by atoms with Crippen LogP contribution in [0.2, 0.25) is 0 Å². The van der Waals surface area contributed by atoms with Crippen molar-refractivity contribution in [3.8, 4) is 0 Å². The highest BCUT2D eigenvalue weighted by molar-refractivity contribution is 7.17. The fraction of sp³-hybridized carbons (Fsp3) is 0.200. The summed E-state index contributed by atoms with van der Waals surface area (Å²) in [5.41, 5.74) is 3.20. The molecule has 2 aromatic carbocycles. The smallest absolute Gasteiger partial charge is 0.183 e. The van der Waals surface area contributed by atoms with E-state index in [1.165, 1.54) is 22.5 Å². The Morgan fingerprint density at radius 1 is 1.00 bits per heavy atom. The Kier molecular flexibility index (Phi) is 5.39. The lowest BCUT2D eigenvalue weighted by molar-refractivity contribution is 0.0986. The van der Waals surface area contributed by atoms with E-state index in [0.29, 0.717) is 13.0 Å². The van der Waals surface area contributed by atoms with Crippen molar-refractivity contribution in [2.24, 2.45) is 0 Å². The fourth-order valence-electron chi connectivity index (χ4n) is 2.52. The second-order valence-electron chi connectivity index (χ2n) is 5.68. The van der Waals surface area contributed by atoms with E-state index in [-0.39, 0.29) is 5.78 Å². The monoisotopic (exact) mass is 336 g/mol. The van der Waals surface area contributed by atoms with Crippen LogP contribution in [0.4, 0.5) is 5.13 Å². The van der Waals surface area contributed by atoms with E-state index >= 15 is 0 Å². The van der Waals surface area contributed by atoms with Crippen LogP contribution in [-0.4, -0.2) is 10.8 Å². The summed E-state index contributed by atoms with van der Waals surface area (Å²) >= 11 is 1.45. The van der Waals surface area contributed by atoms with E-state index in [1.807, 2.05) is 43.3 Å². The minimum absolute atomic E-state index is 0.168. The highest BCUT2D eigenvalue weighted by atomic mass is 32.1. The van der Waals surface area contributed by atoms with E-state index in [2.05, 4.69) is 34.6 Å². The van der Waals surface area contributed by atoms with Crippen LogP contribution >= 0.6 is 11.3 Å². The zero-order chi connectivity index (χ0) is 16.8. The SMILES string of the molecule is Cc1nc(NCc2ccccc2)sc1C(=O)CCc1ccccc1. The maximum atomic E-state index is 12.5. The molecule has 0 bridgehead atoms. The molecule has 0 unspecified atom stereocenters. The lowest BCUT2D eigenvalue weighted by Gasteiger charge is -2.02. The Morgan fingerprint density at radius 2 is 1.62 bits per heavy atom. The molecule has 1 N–H and O–H groups in total. The van der Waals surface area contributed by atoms with Gasteiger partial charge in [0.05, 0.1) is 10.6 Å². The van der Waals surface area contributed by atoms with Gasteiger partial charge in [0, 0.05) is 13.0 Å². The van der Waals surface area contributed by atoms with E-state index in [4.69, 9.17) is 0 Å². The van der Waals surface area contributed by atoms with Gasteiger partial charge in [-0.3, -0.25) is 4.79 Å². The molecule has 0 atom stereocenters. The first-order chi connectivity index (χ1) is 11.7. The minimum Gasteiger partial charge on any atom is -0.357 e. The topological polar surface area (TPSA) is 42.0 Å². The Hall–Kier alpha value is -2.46. The second-order valence-corrected chi connectivity index (χ2v) is 6.68. The molecule has 0 aliphatic rings. The van der Waals surface area contributed by atoms with Crippen LogP contribution < -0.4 is 5.32 Å². The lowest BCUT2D eigenvalue weighted by Crippen LogP contribution is -2.00. The van der Waals surface area contributed by atoms with Crippen LogP contribution in [0.5, 0.6) is 0 Å². The Labute approximate surface area is 146 Å². The Morgan fingerprint density at radius 3 is 2.29 bits per heavy atom. The molecule has 4 heteroatoms. The molecule has 0 saturated carbocycles. The number of thiazole rings is 1. The molecule has 3 rings (SSSR count). The average molecular weight is 336 g/mol. The molecular weight excluding hydrogens is 316 g/mol. The molecular formula is C20H20N2OS. The molecule has 1 heterocycles. The normalized spacial score (nSPS) is 10.5. The van der Waals surface area contributed by atoms with Gasteiger partial charge in [-0.05, 0) is 24.5 Å². The fourth-order valence-corrected chi connectivity index (χ4v) is 3.45. The first-order valence-electron chi connectivity index (χ1n) is 8.05. The van der Waals surface area contributed by atoms with Gasteiger partial charge in [0.15, 0.2) is 10.9 Å². The summed E-state index contributed by atoms with van der Waals surface area (Å²) in [6.07, 6.45) is 1.29. The van der Waals surface area contributed by atoms with Crippen LogP contribution in [0.15, 0.2) is 60.7 Å². The summed E-state index contributed by atoms with van der Waals surface area (Å²) < 4.78 is 0. The number of carbonyl (C=O) groups is 1. The molecule has 122 valence electrons. The van der Waals surface area contributed by atoms with Gasteiger partial charge in [0.1, 0.15) is 0 Å². The lowest BCUT2D eigenvalue weighted by atomic mass is 10.1. The zero-order valence-electron chi connectivity index (χ0n) is 13.7. The van der Waals surface area contributed by atoms with Crippen molar-refractivity contribution in [2.75, 3.05) is 5.32 Å². The molecule has 0 aliphatic carbocycles. The van der Waals surface area contributed by atoms with E-state index in [1.54, 1.807) is 0 Å². The molecule has 0 aliphatic heterocycles. The van der Waals surface area contributed by atoms with Gasteiger partial charge in [-0.25, -0.2) is 4.98 Å². The molecule has 1 aromatic heterocycles. The standard InChI is InChI=1S/C20H20N2OS/c1-15-19(18(23)13-12-16-8-4-2-5-9-16)24-20(22-15)21-14-17-10-6-3-7-11-17/h2-11H,12-14H2,1H3,(H,21,22). The molecule has 0 radical (unpaired) electrons. The Bertz CT molecular complexity index is 797. The number of hydrogen-bond acceptors (Lipinski definition) is 4. The third-order valence-electron chi connectivity index (χ3n) is 3.82. The summed E-state index contributed by atoms with van der Waals surface area (Å²) in [4.78, 5) is 17.7. The number of aryl methyl sites for hydroxylation is 2. The second kappa shape index (κ2) is 7.88. The number of carbonyl (C=O) groups excluding carboxylic acids is 1. The van der Waals surface area contributed by atoms with Crippen molar-refractivity contribution >= 4 is 22.3 Å². The maximum absolute atomic E-state index is 12.5. The van der Waals surface area contributed by atoms with Gasteiger partial charge in [0.2, 0.25) is 0 Å². The van der Waals surface area contributed by atoms with Gasteiger partial charge >= 0.3 is 0 Å². The number of hydrogen-bond donors (Lipinski definition) is 1. The van der Waals surface area contributed by atoms with Gasteiger partial charge in [-0.15, -0.1) is 0 Å². The highest BCUT2D eigenvalue weighted by Gasteiger charge is 2.15. The highest BCUT2D eigenvalue weighted by Crippen LogP contribution is 2.25. The first-order valence-corrected chi connectivity index (χ1v) is 8.86. The van der Waals surface area contributed by atoms with Gasteiger partial charge in [-0.2, -0.15) is 0 Å². The third-order valence-corrected chi connectivity index (χ3v) is 4.98. The largest absolute Gasteiger partial charge is 0.357 e. The van der Waals surface area contributed by atoms with Gasteiger partial charge in [0.25, 0.3) is 0 Å². The van der Waals surface area contributed by atoms with Crippen molar-refractivity contribution in [1.29, 1.82) is 0 Å². The Balaban J connectivity index is 1.59. The summed E-state index contributed by atoms with van der Waals surface area (Å²) in [6, 6.07) is 20.3. The summed E-state index contributed by atoms with van der Waals surface area (Å²) in [5.74, 6) is 0.168. The van der Waals surface area contributed by atoms with Crippen LogP contribution in [0.3, 0.4) is 0 Å². The predicted octanol–water partition coefficient (Wildman–Crippen LogP) is 4.88. The van der Waals surface area contributed by atoms with Gasteiger partial charge in [-0.1, -0.05) is 72.0 Å². The number of aromatic nitrogens is 1. The van der Waals surface area contributed by atoms with Gasteiger partial charge < -0.3 is 5.32 Å². The molecule has 0 spiro atoms. The van der Waals surface area contributed by atoms with Crippen LogP contribution in [0.25, 0.3) is 0 Å². The van der Waals surface area contributed by atoms with E-state index in [0.717, 1.165) is 22.1 Å². The number of Topliss-reactive ketones (excluding diaryl/α,β-unsaturated/α-hetero) is 1. The molecule has 0 amide bonds. The number of anilines is 1. The quantitative estimate of drug-likeness (QED) is 0.625. The number of benzene rings is 2. The summed E-state index contributed by atoms with van der Waals surface area (Å²) in [5, 5.41) is 4.11. The minimum atomic E-state index is 0.168. The number of rotatable bonds is 7. The number of nitrogens with zero attached hydrogens (tertiary/aromatic N) is 1. The summed E-state index contributed by atoms with van der Waals surface area (Å²) in [6.45, 7) is 2.62. The van der Waals surface area contributed by atoms with E-state index in [9.17, 15) is 4.79 Å². The first kappa shape index (κ1) is 16.4. The predicted molar refractivity (Wildman–Crippen MR) is 99.7 cm³/mol. The summed E-state index contributed by atoms with van der Waals surface area (Å²) in [7, 11) is 0. The van der Waals surface area contributed by atoms with Crippen LogP contribution in [-0.2, 0) is 13.0 Å². The van der Waals surface area contributed by atoms with Crippen LogP contribution in [0, 0.1) is 6.92 Å². The van der Waals surface area contributed by atoms with Crippen molar-refractivity contribution in [2.45, 2.75) is 26.3 Å². The van der Waals surface area contributed by atoms with Crippen molar-refractivity contribution in [3.63, 3.8) is 0 Å². The third kappa shape index (κ3) is 4.30. The average Bonchev–Trinajstić information content (AvgIpc) is 3.00. The molecule has 3 nitrogen and oxygen atoms in total. The molecule has 0 fully saturated rings. The van der Waals surface area contributed by atoms with E-state index < -0.39 is 0 Å². The molecule has 3 aromatic rings.